The number of ketones is 1. The molecule has 0 radical (unpaired) electrons. The van der Waals surface area contributed by atoms with Gasteiger partial charge in [0.05, 0.1) is 19.1 Å². The van der Waals surface area contributed by atoms with E-state index in [0.29, 0.717) is 0 Å². The zero-order chi connectivity index (χ0) is 15.8. The molecule has 1 aromatic rings. The number of nitrogens with zero attached hydrogens (tertiary/aromatic N) is 1. The predicted molar refractivity (Wildman–Crippen MR) is 72.4 cm³/mol. The van der Waals surface area contributed by atoms with Crippen LogP contribution in [-0.4, -0.2) is 36.2 Å². The lowest BCUT2D eigenvalue weighted by Crippen LogP contribution is -2.37. The van der Waals surface area contributed by atoms with Gasteiger partial charge in [0, 0.05) is 12.0 Å². The number of amides is 2. The Morgan fingerprint density at radius 2 is 2.05 bits per heavy atom. The van der Waals surface area contributed by atoms with Crippen LogP contribution in [0.4, 0.5) is 4.39 Å². The standard InChI is InChI=1S/C15H16FNO4/c1-15(2)7-13(19)17(14(15)20)8-11(18)9-4-5-12(21-3)10(16)6-9/h4-6H,7-8H2,1-3H3. The summed E-state index contributed by atoms with van der Waals surface area (Å²) in [5, 5.41) is 0. The van der Waals surface area contributed by atoms with E-state index in [9.17, 15) is 18.8 Å². The lowest BCUT2D eigenvalue weighted by atomic mass is 9.92. The van der Waals surface area contributed by atoms with E-state index in [1.54, 1.807) is 13.8 Å². The van der Waals surface area contributed by atoms with E-state index in [2.05, 4.69) is 0 Å². The summed E-state index contributed by atoms with van der Waals surface area (Å²) >= 11 is 0. The number of hydrogen-bond donors (Lipinski definition) is 0. The minimum atomic E-state index is -0.789. The van der Waals surface area contributed by atoms with Gasteiger partial charge in [0.15, 0.2) is 17.3 Å². The van der Waals surface area contributed by atoms with Gasteiger partial charge in [-0.3, -0.25) is 19.3 Å². The molecule has 5 nitrogen and oxygen atoms in total. The van der Waals surface area contributed by atoms with E-state index in [1.165, 1.54) is 19.2 Å². The highest BCUT2D eigenvalue weighted by molar-refractivity contribution is 6.10. The number of likely N-dealkylation sites (tertiary alicyclic amines) is 1. The van der Waals surface area contributed by atoms with Gasteiger partial charge in [-0.1, -0.05) is 13.8 Å². The van der Waals surface area contributed by atoms with Crippen LogP contribution in [0.25, 0.3) is 0 Å². The van der Waals surface area contributed by atoms with Crippen LogP contribution in [0, 0.1) is 11.2 Å². The van der Waals surface area contributed by atoms with Crippen molar-refractivity contribution in [3.05, 3.63) is 29.6 Å². The Kier molecular flexibility index (Phi) is 3.80. The maximum atomic E-state index is 13.6. The quantitative estimate of drug-likeness (QED) is 0.627. The Balaban J connectivity index is 2.17. The van der Waals surface area contributed by atoms with Crippen molar-refractivity contribution in [2.45, 2.75) is 20.3 Å². The van der Waals surface area contributed by atoms with Gasteiger partial charge in [-0.2, -0.15) is 0 Å². The predicted octanol–water partition coefficient (Wildman–Crippen LogP) is 1.80. The summed E-state index contributed by atoms with van der Waals surface area (Å²) in [5.74, 6) is -1.89. The van der Waals surface area contributed by atoms with E-state index in [4.69, 9.17) is 4.74 Å². The van der Waals surface area contributed by atoms with E-state index in [1.807, 2.05) is 0 Å². The van der Waals surface area contributed by atoms with Gasteiger partial charge in [0.25, 0.3) is 0 Å². The highest BCUT2D eigenvalue weighted by Gasteiger charge is 2.45. The summed E-state index contributed by atoms with van der Waals surface area (Å²) in [6.45, 7) is 2.95. The number of hydrogen-bond acceptors (Lipinski definition) is 4. The van der Waals surface area contributed by atoms with E-state index in [0.717, 1.165) is 11.0 Å². The van der Waals surface area contributed by atoms with Gasteiger partial charge in [-0.15, -0.1) is 0 Å². The number of carbonyl (C=O) groups is 3. The van der Waals surface area contributed by atoms with Crippen molar-refractivity contribution in [1.29, 1.82) is 0 Å². The first kappa shape index (κ1) is 15.2. The largest absolute Gasteiger partial charge is 0.494 e. The van der Waals surface area contributed by atoms with Crippen LogP contribution >= 0.6 is 0 Å². The second kappa shape index (κ2) is 5.27. The van der Waals surface area contributed by atoms with Gasteiger partial charge in [-0.05, 0) is 18.2 Å². The molecular weight excluding hydrogens is 277 g/mol. The molecule has 0 spiro atoms. The van der Waals surface area contributed by atoms with Gasteiger partial charge in [-0.25, -0.2) is 4.39 Å². The average Bonchev–Trinajstić information content (AvgIpc) is 2.60. The number of carbonyl (C=O) groups excluding carboxylic acids is 3. The Bertz CT molecular complexity index is 624. The van der Waals surface area contributed by atoms with Crippen molar-refractivity contribution in [2.24, 2.45) is 5.41 Å². The molecule has 21 heavy (non-hydrogen) atoms. The van der Waals surface area contributed by atoms with Crippen LogP contribution in [0.5, 0.6) is 5.75 Å². The fraction of sp³-hybridized carbons (Fsp3) is 0.400. The molecule has 0 N–H and O–H groups in total. The zero-order valence-corrected chi connectivity index (χ0v) is 12.1. The average molecular weight is 293 g/mol. The number of Topliss-reactive ketones (excluding diaryl/α,β-unsaturated/α-hetero) is 1. The number of benzene rings is 1. The fourth-order valence-corrected chi connectivity index (χ4v) is 2.26. The van der Waals surface area contributed by atoms with Gasteiger partial charge in [0.1, 0.15) is 0 Å². The maximum Gasteiger partial charge on any atom is 0.235 e. The summed E-state index contributed by atoms with van der Waals surface area (Å²) in [7, 11) is 1.32. The van der Waals surface area contributed by atoms with Crippen LogP contribution in [0.15, 0.2) is 18.2 Å². The molecule has 0 unspecified atom stereocenters. The molecule has 1 aliphatic rings. The molecule has 112 valence electrons. The smallest absolute Gasteiger partial charge is 0.235 e. The highest BCUT2D eigenvalue weighted by atomic mass is 19.1. The molecule has 1 saturated heterocycles. The Hall–Kier alpha value is -2.24. The molecule has 0 bridgehead atoms. The molecule has 2 rings (SSSR count). The number of methoxy groups -OCH3 is 1. The third-order valence-electron chi connectivity index (χ3n) is 3.49. The Morgan fingerprint density at radius 3 is 2.52 bits per heavy atom. The first-order chi connectivity index (χ1) is 9.76. The molecular formula is C15H16FNO4. The molecule has 1 heterocycles. The van der Waals surface area contributed by atoms with Crippen molar-refractivity contribution in [3.63, 3.8) is 0 Å². The number of rotatable bonds is 4. The van der Waals surface area contributed by atoms with Crippen LogP contribution in [-0.2, 0) is 9.59 Å². The van der Waals surface area contributed by atoms with Gasteiger partial charge >= 0.3 is 0 Å². The first-order valence-corrected chi connectivity index (χ1v) is 6.48. The van der Waals surface area contributed by atoms with Gasteiger partial charge < -0.3 is 4.74 Å². The minimum Gasteiger partial charge on any atom is -0.494 e. The van der Waals surface area contributed by atoms with Crippen LogP contribution in [0.1, 0.15) is 30.6 Å². The van der Waals surface area contributed by atoms with Crippen LogP contribution in [0.3, 0.4) is 0 Å². The number of imide groups is 1. The van der Waals surface area contributed by atoms with E-state index in [-0.39, 0.29) is 36.1 Å². The summed E-state index contributed by atoms with van der Waals surface area (Å²) < 4.78 is 18.3. The Labute approximate surface area is 121 Å². The third-order valence-corrected chi connectivity index (χ3v) is 3.49. The molecule has 0 atom stereocenters. The molecule has 0 saturated carbocycles. The number of ether oxygens (including phenoxy) is 1. The normalized spacial score (nSPS) is 17.2. The second-order valence-corrected chi connectivity index (χ2v) is 5.62. The zero-order valence-electron chi connectivity index (χ0n) is 12.1. The Morgan fingerprint density at radius 1 is 1.38 bits per heavy atom. The SMILES string of the molecule is COc1ccc(C(=O)CN2C(=O)CC(C)(C)C2=O)cc1F. The number of halogens is 1. The van der Waals surface area contributed by atoms with Crippen molar-refractivity contribution in [3.8, 4) is 5.75 Å². The summed E-state index contributed by atoms with van der Waals surface area (Å²) in [4.78, 5) is 36.9. The molecule has 1 aromatic carbocycles. The van der Waals surface area contributed by atoms with Crippen molar-refractivity contribution >= 4 is 17.6 Å². The molecule has 6 heteroatoms. The maximum absolute atomic E-state index is 13.6. The summed E-state index contributed by atoms with van der Waals surface area (Å²) in [6, 6.07) is 3.78. The fourth-order valence-electron chi connectivity index (χ4n) is 2.26. The lowest BCUT2D eigenvalue weighted by molar-refractivity contribution is -0.140. The molecule has 1 fully saturated rings. The topological polar surface area (TPSA) is 63.7 Å². The minimum absolute atomic E-state index is 0.0287. The molecule has 0 aromatic heterocycles. The van der Waals surface area contributed by atoms with E-state index < -0.39 is 17.0 Å². The highest BCUT2D eigenvalue weighted by Crippen LogP contribution is 2.31. The van der Waals surface area contributed by atoms with Gasteiger partial charge in [0.2, 0.25) is 11.8 Å². The third kappa shape index (κ3) is 2.79. The van der Waals surface area contributed by atoms with Crippen molar-refractivity contribution in [1.82, 2.24) is 4.90 Å². The van der Waals surface area contributed by atoms with Crippen molar-refractivity contribution in [2.75, 3.05) is 13.7 Å². The first-order valence-electron chi connectivity index (χ1n) is 6.48. The lowest BCUT2D eigenvalue weighted by Gasteiger charge is -2.17. The van der Waals surface area contributed by atoms with E-state index >= 15 is 0 Å². The van der Waals surface area contributed by atoms with Crippen LogP contribution < -0.4 is 4.74 Å². The second-order valence-electron chi connectivity index (χ2n) is 5.62. The molecule has 1 aliphatic heterocycles. The molecule has 0 aliphatic carbocycles. The molecule has 2 amide bonds. The summed E-state index contributed by atoms with van der Waals surface area (Å²) in [5.41, 5.74) is -0.693. The van der Waals surface area contributed by atoms with Crippen LogP contribution in [0.2, 0.25) is 0 Å². The monoisotopic (exact) mass is 293 g/mol. The van der Waals surface area contributed by atoms with Crippen molar-refractivity contribution < 1.29 is 23.5 Å². The summed E-state index contributed by atoms with van der Waals surface area (Å²) in [6.07, 6.45) is 0.0795.